The van der Waals surface area contributed by atoms with Crippen LogP contribution < -0.4 is 10.6 Å². The predicted molar refractivity (Wildman–Crippen MR) is 104 cm³/mol. The Balaban J connectivity index is 1.61. The summed E-state index contributed by atoms with van der Waals surface area (Å²) in [6, 6.07) is 4.74. The Morgan fingerprint density at radius 3 is 2.96 bits per heavy atom. The molecule has 2 heterocycles. The minimum Gasteiger partial charge on any atom is -0.376 e. The van der Waals surface area contributed by atoms with Gasteiger partial charge < -0.3 is 15.4 Å². The molecule has 2 amide bonds. The van der Waals surface area contributed by atoms with Gasteiger partial charge in [0, 0.05) is 36.1 Å². The molecule has 0 saturated carbocycles. The molecule has 0 spiro atoms. The summed E-state index contributed by atoms with van der Waals surface area (Å²) in [6.45, 7) is 3.08. The van der Waals surface area contributed by atoms with Gasteiger partial charge in [-0.2, -0.15) is 0 Å². The zero-order chi connectivity index (χ0) is 19.4. The van der Waals surface area contributed by atoms with Crippen LogP contribution in [0.2, 0.25) is 0 Å². The highest BCUT2D eigenvalue weighted by atomic mass is 32.2. The predicted octanol–water partition coefficient (Wildman–Crippen LogP) is 1.97. The number of amides is 2. The van der Waals surface area contributed by atoms with Gasteiger partial charge in [-0.15, -0.1) is 11.8 Å². The van der Waals surface area contributed by atoms with E-state index in [1.54, 1.807) is 6.07 Å². The molecule has 0 aliphatic carbocycles. The molecule has 7 nitrogen and oxygen atoms in total. The molecule has 1 fully saturated rings. The third-order valence-corrected chi connectivity index (χ3v) is 7.43. The second kappa shape index (κ2) is 8.62. The van der Waals surface area contributed by atoms with Gasteiger partial charge >= 0.3 is 0 Å². The van der Waals surface area contributed by atoms with Crippen molar-refractivity contribution in [3.8, 4) is 0 Å². The average Bonchev–Trinajstić information content (AvgIpc) is 3.08. The van der Waals surface area contributed by atoms with Crippen LogP contribution in [-0.2, 0) is 24.2 Å². The highest BCUT2D eigenvalue weighted by Crippen LogP contribution is 2.36. The average molecular weight is 413 g/mol. The number of rotatable bonds is 6. The van der Waals surface area contributed by atoms with Crippen molar-refractivity contribution in [3.05, 3.63) is 18.2 Å². The molecule has 2 atom stereocenters. The van der Waals surface area contributed by atoms with Crippen molar-refractivity contribution in [2.45, 2.75) is 53.8 Å². The van der Waals surface area contributed by atoms with Crippen molar-refractivity contribution in [3.63, 3.8) is 0 Å². The first-order chi connectivity index (χ1) is 12.8. The molecule has 0 radical (unpaired) electrons. The Bertz CT molecular complexity index is 819. The zero-order valence-corrected chi connectivity index (χ0v) is 16.8. The fourth-order valence-corrected chi connectivity index (χ4v) is 5.40. The fraction of sp³-hybridized carbons (Fsp3) is 0.556. The van der Waals surface area contributed by atoms with E-state index < -0.39 is 9.84 Å². The number of sulfone groups is 1. The number of thioether (sulfide) groups is 1. The number of hydrogen-bond donors (Lipinski definition) is 2. The number of ether oxygens (including phenoxy) is 1. The van der Waals surface area contributed by atoms with Crippen molar-refractivity contribution in [1.82, 2.24) is 5.32 Å². The van der Waals surface area contributed by atoms with Crippen LogP contribution in [0, 0.1) is 0 Å². The van der Waals surface area contributed by atoms with Gasteiger partial charge in [0.05, 0.1) is 22.4 Å². The van der Waals surface area contributed by atoms with Crippen molar-refractivity contribution in [2.24, 2.45) is 0 Å². The van der Waals surface area contributed by atoms with Crippen LogP contribution >= 0.6 is 11.8 Å². The van der Waals surface area contributed by atoms with Gasteiger partial charge in [-0.25, -0.2) is 8.42 Å². The normalized spacial score (nSPS) is 22.6. The molecule has 9 heteroatoms. The third kappa shape index (κ3) is 5.46. The van der Waals surface area contributed by atoms with Gasteiger partial charge in [0.15, 0.2) is 9.84 Å². The molecule has 27 heavy (non-hydrogen) atoms. The summed E-state index contributed by atoms with van der Waals surface area (Å²) >= 11 is 1.54. The van der Waals surface area contributed by atoms with E-state index in [2.05, 4.69) is 10.6 Å². The molecule has 0 bridgehead atoms. The molecule has 2 aliphatic rings. The largest absolute Gasteiger partial charge is 0.376 e. The summed E-state index contributed by atoms with van der Waals surface area (Å²) in [5, 5.41) is 5.62. The lowest BCUT2D eigenvalue weighted by Gasteiger charge is -2.12. The first-order valence-electron chi connectivity index (χ1n) is 9.05. The monoisotopic (exact) mass is 412 g/mol. The van der Waals surface area contributed by atoms with E-state index in [4.69, 9.17) is 4.74 Å². The molecule has 148 valence electrons. The molecule has 1 aromatic rings. The minimum absolute atomic E-state index is 0.0265. The van der Waals surface area contributed by atoms with Gasteiger partial charge in [-0.3, -0.25) is 9.59 Å². The molecule has 2 N–H and O–H groups in total. The number of hydrogen-bond acceptors (Lipinski definition) is 6. The van der Waals surface area contributed by atoms with Crippen LogP contribution in [0.15, 0.2) is 28.0 Å². The molecule has 0 unspecified atom stereocenters. The quantitative estimate of drug-likeness (QED) is 0.741. The third-order valence-electron chi connectivity index (χ3n) is 4.53. The van der Waals surface area contributed by atoms with Crippen molar-refractivity contribution >= 4 is 39.1 Å². The lowest BCUT2D eigenvalue weighted by atomic mass is 10.2. The summed E-state index contributed by atoms with van der Waals surface area (Å²) in [7, 11) is -3.62. The van der Waals surface area contributed by atoms with E-state index in [9.17, 15) is 18.0 Å². The van der Waals surface area contributed by atoms with Gasteiger partial charge in [0.25, 0.3) is 0 Å². The topological polar surface area (TPSA) is 102 Å². The molecule has 2 aliphatic heterocycles. The first kappa shape index (κ1) is 20.2. The fourth-order valence-electron chi connectivity index (χ4n) is 3.09. The summed E-state index contributed by atoms with van der Waals surface area (Å²) in [5.41, 5.74) is 0.512. The van der Waals surface area contributed by atoms with Gasteiger partial charge in [-0.05, 0) is 31.0 Å². The number of benzene rings is 1. The van der Waals surface area contributed by atoms with Crippen LogP contribution in [0.25, 0.3) is 0 Å². The minimum atomic E-state index is -3.62. The summed E-state index contributed by atoms with van der Waals surface area (Å²) in [6.07, 6.45) is 2.20. The summed E-state index contributed by atoms with van der Waals surface area (Å²) in [4.78, 5) is 24.8. The molecule has 3 rings (SSSR count). The van der Waals surface area contributed by atoms with Crippen LogP contribution in [0.5, 0.6) is 0 Å². The van der Waals surface area contributed by atoms with Gasteiger partial charge in [0.1, 0.15) is 0 Å². The van der Waals surface area contributed by atoms with E-state index in [1.807, 2.05) is 6.92 Å². The highest BCUT2D eigenvalue weighted by Gasteiger charge is 2.23. The maximum atomic E-state index is 12.6. The van der Waals surface area contributed by atoms with Gasteiger partial charge in [-0.1, -0.05) is 6.92 Å². The maximum Gasteiger partial charge on any atom is 0.225 e. The van der Waals surface area contributed by atoms with E-state index in [0.717, 1.165) is 17.7 Å². The zero-order valence-electron chi connectivity index (χ0n) is 15.2. The molecular weight excluding hydrogens is 388 g/mol. The standard InChI is InChI=1S/C18H24N2O5S2/c1-12-9-18(22)20-15-10-14(4-5-16(15)26-12)27(23,24)8-6-17(21)19-11-13-3-2-7-25-13/h4-5,10,12-13H,2-3,6-9,11H2,1H3,(H,19,21)(H,20,22)/t12-,13-/m1/s1. The molecule has 0 aromatic heterocycles. The SMILES string of the molecule is C[C@@H]1CC(=O)Nc2cc(S(=O)(=O)CCC(=O)NC[C@H]3CCCO3)ccc2S1. The lowest BCUT2D eigenvalue weighted by Crippen LogP contribution is -2.32. The van der Waals surface area contributed by atoms with E-state index in [-0.39, 0.29) is 40.2 Å². The summed E-state index contributed by atoms with van der Waals surface area (Å²) < 4.78 is 30.6. The van der Waals surface area contributed by atoms with E-state index >= 15 is 0 Å². The Labute approximate surface area is 163 Å². The maximum absolute atomic E-state index is 12.6. The smallest absolute Gasteiger partial charge is 0.225 e. The highest BCUT2D eigenvalue weighted by molar-refractivity contribution is 8.00. The lowest BCUT2D eigenvalue weighted by molar-refractivity contribution is -0.121. The van der Waals surface area contributed by atoms with E-state index in [0.29, 0.717) is 25.3 Å². The van der Waals surface area contributed by atoms with Crippen LogP contribution in [-0.4, -0.2) is 50.5 Å². The number of carbonyl (C=O) groups is 2. The number of anilines is 1. The number of carbonyl (C=O) groups excluding carboxylic acids is 2. The second-order valence-corrected chi connectivity index (χ2v) is 10.4. The summed E-state index contributed by atoms with van der Waals surface area (Å²) in [5.74, 6) is -0.709. The Morgan fingerprint density at radius 2 is 2.22 bits per heavy atom. The van der Waals surface area contributed by atoms with Crippen molar-refractivity contribution in [1.29, 1.82) is 0 Å². The number of nitrogens with one attached hydrogen (secondary N) is 2. The van der Waals surface area contributed by atoms with Crippen LogP contribution in [0.3, 0.4) is 0 Å². The van der Waals surface area contributed by atoms with E-state index in [1.165, 1.54) is 23.9 Å². The first-order valence-corrected chi connectivity index (χ1v) is 11.6. The molecule has 1 saturated heterocycles. The molecular formula is C18H24N2O5S2. The number of fused-ring (bicyclic) bond motifs is 1. The van der Waals surface area contributed by atoms with Crippen LogP contribution in [0.4, 0.5) is 5.69 Å². The van der Waals surface area contributed by atoms with Crippen LogP contribution in [0.1, 0.15) is 32.6 Å². The van der Waals surface area contributed by atoms with Crippen molar-refractivity contribution in [2.75, 3.05) is 24.2 Å². The Hall–Kier alpha value is -1.58. The van der Waals surface area contributed by atoms with Gasteiger partial charge in [0.2, 0.25) is 11.8 Å². The second-order valence-electron chi connectivity index (χ2n) is 6.85. The Kier molecular flexibility index (Phi) is 6.44. The van der Waals surface area contributed by atoms with Crippen molar-refractivity contribution < 1.29 is 22.7 Å². The molecule has 1 aromatic carbocycles. The Morgan fingerprint density at radius 1 is 1.41 bits per heavy atom.